The minimum Gasteiger partial charge on any atom is -0.337 e. The highest BCUT2D eigenvalue weighted by Gasteiger charge is 2.16. The Morgan fingerprint density at radius 1 is 0.700 bits per heavy atom. The topological polar surface area (TPSA) is 82.3 Å². The van der Waals surface area contributed by atoms with Crippen molar-refractivity contribution in [3.63, 3.8) is 0 Å². The minimum absolute atomic E-state index is 0.276. The lowest BCUT2D eigenvalue weighted by Crippen LogP contribution is -2.12. The molecule has 194 valence electrons. The van der Waals surface area contributed by atoms with Crippen LogP contribution in [-0.2, 0) is 13.1 Å². The van der Waals surface area contributed by atoms with Crippen LogP contribution in [0, 0.1) is 5.82 Å². The molecule has 7 rings (SSSR count). The normalized spacial score (nSPS) is 11.4. The van der Waals surface area contributed by atoms with Gasteiger partial charge in [-0.3, -0.25) is 10.1 Å². The van der Waals surface area contributed by atoms with E-state index in [4.69, 9.17) is 4.98 Å². The molecule has 7 aromatic rings. The Morgan fingerprint density at radius 2 is 1.57 bits per heavy atom. The molecule has 0 fully saturated rings. The molecule has 0 saturated heterocycles. The van der Waals surface area contributed by atoms with E-state index in [0.29, 0.717) is 5.82 Å². The summed E-state index contributed by atoms with van der Waals surface area (Å²) in [6.45, 7) is 1.52. The molecule has 0 spiro atoms. The van der Waals surface area contributed by atoms with Gasteiger partial charge in [-0.15, -0.1) is 0 Å². The molecule has 4 aromatic carbocycles. The lowest BCUT2D eigenvalue weighted by Gasteiger charge is -2.07. The van der Waals surface area contributed by atoms with Gasteiger partial charge < -0.3 is 10.3 Å². The Morgan fingerprint density at radius 3 is 2.48 bits per heavy atom. The highest BCUT2D eigenvalue weighted by molar-refractivity contribution is 5.98. The second-order valence-corrected chi connectivity index (χ2v) is 9.80. The van der Waals surface area contributed by atoms with Crippen molar-refractivity contribution in [1.29, 1.82) is 0 Å². The minimum atomic E-state index is -0.276. The number of H-pyrrole nitrogens is 2. The van der Waals surface area contributed by atoms with Crippen molar-refractivity contribution in [1.82, 2.24) is 30.5 Å². The largest absolute Gasteiger partial charge is 0.337 e. The van der Waals surface area contributed by atoms with Crippen LogP contribution in [0.15, 0.2) is 109 Å². The Hall–Kier alpha value is -5.14. The number of aromatic amines is 2. The van der Waals surface area contributed by atoms with E-state index in [1.165, 1.54) is 17.7 Å². The molecule has 0 aliphatic carbocycles. The summed E-state index contributed by atoms with van der Waals surface area (Å²) in [5.74, 6) is 0.376. The van der Waals surface area contributed by atoms with Crippen molar-refractivity contribution in [3.05, 3.63) is 126 Å². The van der Waals surface area contributed by atoms with Crippen LogP contribution in [0.5, 0.6) is 0 Å². The number of imidazole rings is 1. The number of para-hydroxylation sites is 1. The van der Waals surface area contributed by atoms with E-state index in [1.807, 2.05) is 60.9 Å². The van der Waals surface area contributed by atoms with E-state index < -0.39 is 0 Å². The number of rotatable bonds is 7. The summed E-state index contributed by atoms with van der Waals surface area (Å²) < 4.78 is 13.9. The predicted molar refractivity (Wildman–Crippen MR) is 157 cm³/mol. The summed E-state index contributed by atoms with van der Waals surface area (Å²) in [6, 6.07) is 31.2. The Labute approximate surface area is 230 Å². The molecular formula is C33H25FN6. The molecule has 0 aliphatic rings. The number of hydrogen-bond donors (Lipinski definition) is 3. The van der Waals surface area contributed by atoms with Crippen molar-refractivity contribution in [2.24, 2.45) is 0 Å². The van der Waals surface area contributed by atoms with Crippen LogP contribution in [-0.4, -0.2) is 25.1 Å². The third kappa shape index (κ3) is 4.63. The first-order valence-corrected chi connectivity index (χ1v) is 13.1. The Kier molecular flexibility index (Phi) is 6.11. The van der Waals surface area contributed by atoms with E-state index in [-0.39, 0.29) is 5.82 Å². The van der Waals surface area contributed by atoms with Gasteiger partial charge in [0.15, 0.2) is 5.82 Å². The number of hydrogen-bond acceptors (Lipinski definition) is 4. The van der Waals surface area contributed by atoms with E-state index in [9.17, 15) is 4.39 Å². The molecule has 0 radical (unpaired) electrons. The van der Waals surface area contributed by atoms with Gasteiger partial charge in [-0.05, 0) is 58.7 Å². The summed E-state index contributed by atoms with van der Waals surface area (Å²) >= 11 is 0. The number of benzene rings is 4. The lowest BCUT2D eigenvalue weighted by atomic mass is 10.0. The zero-order valence-electron chi connectivity index (χ0n) is 21.5. The fourth-order valence-corrected chi connectivity index (χ4v) is 5.10. The van der Waals surface area contributed by atoms with E-state index >= 15 is 0 Å². The average Bonchev–Trinajstić information content (AvgIpc) is 3.62. The summed E-state index contributed by atoms with van der Waals surface area (Å²) in [4.78, 5) is 12.8. The quantitative estimate of drug-likeness (QED) is 0.205. The van der Waals surface area contributed by atoms with Crippen molar-refractivity contribution in [3.8, 4) is 33.8 Å². The van der Waals surface area contributed by atoms with Crippen molar-refractivity contribution < 1.29 is 4.39 Å². The van der Waals surface area contributed by atoms with Gasteiger partial charge in [0.25, 0.3) is 0 Å². The molecule has 6 nitrogen and oxygen atoms in total. The lowest BCUT2D eigenvalue weighted by molar-refractivity contribution is 0.628. The van der Waals surface area contributed by atoms with Gasteiger partial charge in [0.2, 0.25) is 0 Å². The van der Waals surface area contributed by atoms with E-state index in [1.54, 1.807) is 6.07 Å². The van der Waals surface area contributed by atoms with Crippen molar-refractivity contribution in [2.75, 3.05) is 0 Å². The monoisotopic (exact) mass is 524 g/mol. The fraction of sp³-hybridized carbons (Fsp3) is 0.0606. The van der Waals surface area contributed by atoms with Crippen LogP contribution in [0.25, 0.3) is 55.7 Å². The highest BCUT2D eigenvalue weighted by atomic mass is 19.1. The Balaban J connectivity index is 1.20. The molecule has 0 amide bonds. The molecule has 0 bridgehead atoms. The zero-order chi connectivity index (χ0) is 26.9. The molecule has 3 N–H and O–H groups in total. The van der Waals surface area contributed by atoms with E-state index in [2.05, 4.69) is 55.8 Å². The summed E-state index contributed by atoms with van der Waals surface area (Å²) in [6.07, 6.45) is 3.78. The fourth-order valence-electron chi connectivity index (χ4n) is 5.10. The SMILES string of the molecule is Fc1cccc(-c2cccc3[nH]c(-c4n[nH]c5ccc(-c6cncc(CNCc7ccccc7)c6)cc45)nc23)c1. The summed E-state index contributed by atoms with van der Waals surface area (Å²) in [7, 11) is 0. The van der Waals surface area contributed by atoms with Crippen molar-refractivity contribution >= 4 is 21.9 Å². The highest BCUT2D eigenvalue weighted by Crippen LogP contribution is 2.33. The number of pyridine rings is 1. The smallest absolute Gasteiger partial charge is 0.159 e. The predicted octanol–water partition coefficient (Wildman–Crippen LogP) is 7.26. The van der Waals surface area contributed by atoms with Gasteiger partial charge >= 0.3 is 0 Å². The molecule has 0 aliphatic heterocycles. The first kappa shape index (κ1) is 23.9. The molecule has 3 heterocycles. The first-order valence-electron chi connectivity index (χ1n) is 13.1. The Bertz CT molecular complexity index is 1960. The molecule has 0 atom stereocenters. The standard InChI is InChI=1S/C33H25FN6/c34-26-9-4-8-24(15-26)27-10-5-11-30-31(27)38-33(37-30)32-28-16-23(12-13-29(28)39-40-32)25-14-22(19-36-20-25)18-35-17-21-6-2-1-3-7-21/h1-16,19-20,35H,17-18H2,(H,37,38)(H,39,40). The summed E-state index contributed by atoms with van der Waals surface area (Å²) in [5.41, 5.74) is 9.37. The maximum absolute atomic E-state index is 13.9. The van der Waals surface area contributed by atoms with Crippen LogP contribution in [0.2, 0.25) is 0 Å². The second kappa shape index (κ2) is 10.2. The number of aromatic nitrogens is 5. The number of nitrogens with zero attached hydrogens (tertiary/aromatic N) is 3. The van der Waals surface area contributed by atoms with Gasteiger partial charge in [0, 0.05) is 42.0 Å². The van der Waals surface area contributed by atoms with Gasteiger partial charge in [-0.25, -0.2) is 9.37 Å². The van der Waals surface area contributed by atoms with Gasteiger partial charge in [-0.2, -0.15) is 5.10 Å². The second-order valence-electron chi connectivity index (χ2n) is 9.80. The zero-order valence-corrected chi connectivity index (χ0v) is 21.5. The molecule has 0 saturated carbocycles. The molecule has 40 heavy (non-hydrogen) atoms. The van der Waals surface area contributed by atoms with Gasteiger partial charge in [-0.1, -0.05) is 60.7 Å². The van der Waals surface area contributed by atoms with Crippen LogP contribution in [0.3, 0.4) is 0 Å². The summed E-state index contributed by atoms with van der Waals surface area (Å²) in [5, 5.41) is 12.2. The number of fused-ring (bicyclic) bond motifs is 2. The van der Waals surface area contributed by atoms with Crippen LogP contribution in [0.1, 0.15) is 11.1 Å². The van der Waals surface area contributed by atoms with E-state index in [0.717, 1.165) is 68.5 Å². The molecule has 0 unspecified atom stereocenters. The molecule has 3 aromatic heterocycles. The van der Waals surface area contributed by atoms with Gasteiger partial charge in [0.1, 0.15) is 11.5 Å². The van der Waals surface area contributed by atoms with Gasteiger partial charge in [0.05, 0.1) is 16.6 Å². The van der Waals surface area contributed by atoms with Crippen LogP contribution >= 0.6 is 0 Å². The third-order valence-electron chi connectivity index (χ3n) is 7.06. The molecule has 7 heteroatoms. The number of halogens is 1. The maximum atomic E-state index is 13.9. The number of nitrogens with one attached hydrogen (secondary N) is 3. The average molecular weight is 525 g/mol. The first-order chi connectivity index (χ1) is 19.7. The van der Waals surface area contributed by atoms with Crippen LogP contribution < -0.4 is 5.32 Å². The maximum Gasteiger partial charge on any atom is 0.159 e. The third-order valence-corrected chi connectivity index (χ3v) is 7.06. The molecular weight excluding hydrogens is 499 g/mol. The van der Waals surface area contributed by atoms with Crippen LogP contribution in [0.4, 0.5) is 4.39 Å². The van der Waals surface area contributed by atoms with Crippen molar-refractivity contribution in [2.45, 2.75) is 13.1 Å².